The summed E-state index contributed by atoms with van der Waals surface area (Å²) in [5, 5.41) is 5.42. The van der Waals surface area contributed by atoms with E-state index in [4.69, 9.17) is 4.98 Å². The molecule has 6 heteroatoms. The van der Waals surface area contributed by atoms with Gasteiger partial charge in [0, 0.05) is 27.8 Å². The monoisotopic (exact) mass is 538 g/mol. The molecule has 1 amide bonds. The second kappa shape index (κ2) is 9.88. The van der Waals surface area contributed by atoms with Gasteiger partial charge in [0.2, 0.25) is 5.91 Å². The van der Waals surface area contributed by atoms with E-state index in [1.807, 2.05) is 30.3 Å². The zero-order valence-corrected chi connectivity index (χ0v) is 21.5. The summed E-state index contributed by atoms with van der Waals surface area (Å²) >= 11 is 3.54. The molecule has 0 aliphatic carbocycles. The van der Waals surface area contributed by atoms with Gasteiger partial charge in [-0.25, -0.2) is 4.98 Å². The summed E-state index contributed by atoms with van der Waals surface area (Å²) in [5.74, 6) is 1.04. The number of imidazole rings is 1. The average Bonchev–Trinajstić information content (AvgIpc) is 3.27. The first-order valence-electron chi connectivity index (χ1n) is 12.4. The topological polar surface area (TPSA) is 50.2 Å². The lowest BCUT2D eigenvalue weighted by atomic mass is 9.96. The highest BCUT2D eigenvalue weighted by atomic mass is 79.9. The Morgan fingerprint density at radius 2 is 1.72 bits per heavy atom. The van der Waals surface area contributed by atoms with Crippen molar-refractivity contribution in [3.05, 3.63) is 101 Å². The molecule has 5 nitrogen and oxygen atoms in total. The summed E-state index contributed by atoms with van der Waals surface area (Å²) in [4.78, 5) is 20.7. The summed E-state index contributed by atoms with van der Waals surface area (Å²) in [6.07, 6.45) is 1.89. The van der Waals surface area contributed by atoms with Crippen molar-refractivity contribution in [3.63, 3.8) is 0 Å². The fraction of sp³-hybridized carbons (Fsp3) is 0.200. The number of carbonyl (C=O) groups excluding carboxylic acids is 1. The molecule has 0 bridgehead atoms. The molecule has 1 fully saturated rings. The van der Waals surface area contributed by atoms with Crippen LogP contribution in [-0.2, 0) is 11.3 Å². The van der Waals surface area contributed by atoms with Crippen molar-refractivity contribution in [2.75, 3.05) is 18.4 Å². The minimum Gasteiger partial charge on any atom is -0.325 e. The van der Waals surface area contributed by atoms with Crippen LogP contribution in [0.5, 0.6) is 0 Å². The predicted molar refractivity (Wildman–Crippen MR) is 149 cm³/mol. The zero-order valence-electron chi connectivity index (χ0n) is 19.9. The number of fused-ring (bicyclic) bond motifs is 2. The smallest absolute Gasteiger partial charge is 0.228 e. The molecule has 180 valence electrons. The van der Waals surface area contributed by atoms with Crippen molar-refractivity contribution >= 4 is 49.3 Å². The molecule has 1 N–H and O–H groups in total. The minimum atomic E-state index is -0.0526. The molecule has 0 spiro atoms. The lowest BCUT2D eigenvalue weighted by Crippen LogP contribution is -2.40. The Hall–Kier alpha value is -3.48. The van der Waals surface area contributed by atoms with E-state index in [2.05, 4.69) is 91.4 Å². The molecular formula is C30H27BrN4O. The lowest BCUT2D eigenvalue weighted by molar-refractivity contribution is -0.121. The van der Waals surface area contributed by atoms with E-state index in [1.165, 1.54) is 0 Å². The highest BCUT2D eigenvalue weighted by Gasteiger charge is 2.27. The number of likely N-dealkylation sites (tertiary alicyclic amines) is 1. The van der Waals surface area contributed by atoms with Crippen LogP contribution in [0.1, 0.15) is 18.7 Å². The zero-order chi connectivity index (χ0) is 24.5. The van der Waals surface area contributed by atoms with Crippen LogP contribution >= 0.6 is 15.9 Å². The molecule has 0 radical (unpaired) electrons. The maximum atomic E-state index is 13.3. The molecule has 1 aromatic heterocycles. The average molecular weight is 539 g/mol. The largest absolute Gasteiger partial charge is 0.325 e. The minimum absolute atomic E-state index is 0.0526. The number of piperidine rings is 1. The maximum Gasteiger partial charge on any atom is 0.228 e. The molecule has 1 saturated heterocycles. The van der Waals surface area contributed by atoms with Crippen molar-refractivity contribution < 1.29 is 4.79 Å². The van der Waals surface area contributed by atoms with Gasteiger partial charge < -0.3 is 5.32 Å². The van der Waals surface area contributed by atoms with E-state index in [0.717, 1.165) is 69.4 Å². The maximum absolute atomic E-state index is 13.3. The lowest BCUT2D eigenvalue weighted by Gasteiger charge is -2.32. The van der Waals surface area contributed by atoms with Crippen LogP contribution in [0, 0.1) is 5.92 Å². The van der Waals surface area contributed by atoms with E-state index < -0.39 is 0 Å². The van der Waals surface area contributed by atoms with Gasteiger partial charge in [0.25, 0.3) is 0 Å². The Kier molecular flexibility index (Phi) is 6.30. The Morgan fingerprint density at radius 3 is 2.61 bits per heavy atom. The molecule has 1 atom stereocenters. The number of para-hydroxylation sites is 2. The number of nitrogens with zero attached hydrogens (tertiary/aromatic N) is 3. The fourth-order valence-corrected chi connectivity index (χ4v) is 5.51. The summed E-state index contributed by atoms with van der Waals surface area (Å²) in [6, 6.07) is 30.8. The number of hydrogen-bond donors (Lipinski definition) is 1. The summed E-state index contributed by atoms with van der Waals surface area (Å²) in [6.45, 7) is 2.38. The van der Waals surface area contributed by atoms with Gasteiger partial charge in [-0.1, -0.05) is 64.5 Å². The highest BCUT2D eigenvalue weighted by molar-refractivity contribution is 9.10. The first kappa shape index (κ1) is 23.0. The van der Waals surface area contributed by atoms with Gasteiger partial charge in [-0.3, -0.25) is 14.3 Å². The molecule has 4 aromatic carbocycles. The molecule has 36 heavy (non-hydrogen) atoms. The number of nitrogens with one attached hydrogen (secondary N) is 1. The van der Waals surface area contributed by atoms with E-state index in [1.54, 1.807) is 0 Å². The fourth-order valence-electron chi connectivity index (χ4n) is 5.24. The van der Waals surface area contributed by atoms with Crippen molar-refractivity contribution in [2.45, 2.75) is 19.4 Å². The third-order valence-corrected chi connectivity index (χ3v) is 7.53. The van der Waals surface area contributed by atoms with E-state index in [-0.39, 0.29) is 11.8 Å². The first-order chi connectivity index (χ1) is 17.7. The van der Waals surface area contributed by atoms with Crippen LogP contribution in [0.15, 0.2) is 95.5 Å². The first-order valence-corrected chi connectivity index (χ1v) is 13.2. The molecule has 1 aliphatic heterocycles. The normalized spacial score (nSPS) is 16.4. The van der Waals surface area contributed by atoms with Crippen LogP contribution in [0.25, 0.3) is 27.5 Å². The quantitative estimate of drug-likeness (QED) is 0.268. The number of aromatic nitrogens is 2. The summed E-state index contributed by atoms with van der Waals surface area (Å²) < 4.78 is 3.29. The summed E-state index contributed by atoms with van der Waals surface area (Å²) in [7, 11) is 0. The van der Waals surface area contributed by atoms with Gasteiger partial charge in [0.05, 0.1) is 23.5 Å². The van der Waals surface area contributed by atoms with Gasteiger partial charge in [-0.15, -0.1) is 0 Å². The highest BCUT2D eigenvalue weighted by Crippen LogP contribution is 2.27. The molecule has 1 aliphatic rings. The number of benzene rings is 4. The molecular weight excluding hydrogens is 512 g/mol. The van der Waals surface area contributed by atoms with Gasteiger partial charge >= 0.3 is 0 Å². The van der Waals surface area contributed by atoms with Gasteiger partial charge in [-0.05, 0) is 67.2 Å². The number of carbonyl (C=O) groups is 1. The molecule has 5 aromatic rings. The van der Waals surface area contributed by atoms with Crippen LogP contribution in [0.3, 0.4) is 0 Å². The van der Waals surface area contributed by atoms with Gasteiger partial charge in [0.1, 0.15) is 5.82 Å². The number of amides is 1. The van der Waals surface area contributed by atoms with Crippen LogP contribution in [-0.4, -0.2) is 33.4 Å². The van der Waals surface area contributed by atoms with E-state index in [0.29, 0.717) is 6.54 Å². The third kappa shape index (κ3) is 4.54. The molecule has 0 saturated carbocycles. The standard InChI is InChI=1S/C30H27BrN4O/c31-23-14-16-24(17-15-23)35-28-13-4-3-11-27(28)32-29(35)20-34-18-6-9-22(19-34)30(36)33-26-12-5-8-21-7-1-2-10-25(21)26/h1-5,7-8,10-17,22H,6,9,18-20H2,(H,33,36)/t22-/m0/s1. The number of anilines is 1. The SMILES string of the molecule is O=C(Nc1cccc2ccccc12)[C@H]1CCCN(Cc2nc3ccccc3n2-c2ccc(Br)cc2)C1. The number of rotatable bonds is 5. The van der Waals surface area contributed by atoms with Crippen LogP contribution in [0.2, 0.25) is 0 Å². The second-order valence-electron chi connectivity index (χ2n) is 9.42. The third-order valence-electron chi connectivity index (χ3n) is 7.00. The Balaban J connectivity index is 1.23. The predicted octanol–water partition coefficient (Wildman–Crippen LogP) is 6.79. The van der Waals surface area contributed by atoms with Gasteiger partial charge in [0.15, 0.2) is 0 Å². The molecule has 2 heterocycles. The van der Waals surface area contributed by atoms with E-state index >= 15 is 0 Å². The van der Waals surface area contributed by atoms with Crippen LogP contribution in [0.4, 0.5) is 5.69 Å². The van der Waals surface area contributed by atoms with Crippen molar-refractivity contribution in [3.8, 4) is 5.69 Å². The van der Waals surface area contributed by atoms with Crippen molar-refractivity contribution in [1.29, 1.82) is 0 Å². The second-order valence-corrected chi connectivity index (χ2v) is 10.3. The number of hydrogen-bond acceptors (Lipinski definition) is 3. The van der Waals surface area contributed by atoms with Crippen LogP contribution < -0.4 is 5.32 Å². The Morgan fingerprint density at radius 1 is 0.944 bits per heavy atom. The Bertz CT molecular complexity index is 1540. The van der Waals surface area contributed by atoms with Crippen molar-refractivity contribution in [2.24, 2.45) is 5.92 Å². The van der Waals surface area contributed by atoms with Gasteiger partial charge in [-0.2, -0.15) is 0 Å². The summed E-state index contributed by atoms with van der Waals surface area (Å²) in [5.41, 5.74) is 4.05. The molecule has 6 rings (SSSR count). The molecule has 0 unspecified atom stereocenters. The van der Waals surface area contributed by atoms with Crippen molar-refractivity contribution in [1.82, 2.24) is 14.5 Å². The Labute approximate surface area is 218 Å². The van der Waals surface area contributed by atoms with E-state index in [9.17, 15) is 4.79 Å². The number of halogens is 1.